The fourth-order valence-electron chi connectivity index (χ4n) is 1.55. The van der Waals surface area contributed by atoms with E-state index in [1.54, 1.807) is 0 Å². The van der Waals surface area contributed by atoms with Crippen LogP contribution in [0, 0.1) is 0 Å². The van der Waals surface area contributed by atoms with Gasteiger partial charge in [-0.2, -0.15) is 0 Å². The maximum atomic E-state index is 11.6. The second kappa shape index (κ2) is 9.18. The number of rotatable bonds is 8. The van der Waals surface area contributed by atoms with Crippen molar-refractivity contribution in [1.82, 2.24) is 10.6 Å². The largest absolute Gasteiger partial charge is 0.480 e. The van der Waals surface area contributed by atoms with E-state index in [4.69, 9.17) is 5.11 Å². The summed E-state index contributed by atoms with van der Waals surface area (Å²) in [5.41, 5.74) is 0. The van der Waals surface area contributed by atoms with Crippen LogP contribution in [0.5, 0.6) is 0 Å². The molecular weight excluding hydrogens is 252 g/mol. The van der Waals surface area contributed by atoms with Crippen molar-refractivity contribution in [2.75, 3.05) is 7.11 Å². The zero-order valence-electron chi connectivity index (χ0n) is 11.6. The number of hydrogen-bond acceptors (Lipinski definition) is 4. The number of methoxy groups -OCH3 is 1. The van der Waals surface area contributed by atoms with Crippen molar-refractivity contribution in [2.24, 2.45) is 0 Å². The summed E-state index contributed by atoms with van der Waals surface area (Å²) in [5, 5.41) is 13.9. The number of esters is 1. The van der Waals surface area contributed by atoms with Gasteiger partial charge in [-0.1, -0.05) is 13.3 Å². The Morgan fingerprint density at radius 1 is 1.21 bits per heavy atom. The minimum atomic E-state index is -1.18. The molecule has 7 heteroatoms. The zero-order chi connectivity index (χ0) is 14.8. The topological polar surface area (TPSA) is 105 Å². The van der Waals surface area contributed by atoms with Gasteiger partial charge in [0.05, 0.1) is 7.11 Å². The van der Waals surface area contributed by atoms with Crippen molar-refractivity contribution < 1.29 is 24.2 Å². The average molecular weight is 274 g/mol. The number of carbonyl (C=O) groups excluding carboxylic acids is 2. The molecule has 0 radical (unpaired) electrons. The summed E-state index contributed by atoms with van der Waals surface area (Å²) in [4.78, 5) is 33.5. The lowest BCUT2D eigenvalue weighted by atomic mass is 10.1. The fourth-order valence-corrected chi connectivity index (χ4v) is 1.55. The lowest BCUT2D eigenvalue weighted by molar-refractivity contribution is -0.142. The van der Waals surface area contributed by atoms with E-state index >= 15 is 0 Å². The molecule has 0 aliphatic rings. The van der Waals surface area contributed by atoms with E-state index in [-0.39, 0.29) is 18.9 Å². The van der Waals surface area contributed by atoms with Crippen molar-refractivity contribution in [3.63, 3.8) is 0 Å². The second-order valence-electron chi connectivity index (χ2n) is 4.31. The number of carbonyl (C=O) groups is 3. The third-order valence-corrected chi connectivity index (χ3v) is 2.57. The minimum Gasteiger partial charge on any atom is -0.480 e. The van der Waals surface area contributed by atoms with E-state index in [9.17, 15) is 14.4 Å². The molecule has 7 nitrogen and oxygen atoms in total. The van der Waals surface area contributed by atoms with Gasteiger partial charge < -0.3 is 20.5 Å². The lowest BCUT2D eigenvalue weighted by Gasteiger charge is -2.17. The van der Waals surface area contributed by atoms with Crippen LogP contribution in [-0.2, 0) is 14.3 Å². The van der Waals surface area contributed by atoms with E-state index < -0.39 is 24.0 Å². The predicted molar refractivity (Wildman–Crippen MR) is 68.7 cm³/mol. The van der Waals surface area contributed by atoms with Gasteiger partial charge in [0, 0.05) is 12.5 Å². The highest BCUT2D eigenvalue weighted by Gasteiger charge is 2.21. The Hall–Kier alpha value is -1.79. The number of hydrogen-bond donors (Lipinski definition) is 3. The molecule has 2 amide bonds. The Balaban J connectivity index is 4.22. The lowest BCUT2D eigenvalue weighted by Crippen LogP contribution is -2.48. The summed E-state index contributed by atoms with van der Waals surface area (Å²) in [7, 11) is 1.23. The Kier molecular flexibility index (Phi) is 8.32. The molecule has 1 unspecified atom stereocenters. The number of ether oxygens (including phenoxy) is 1. The van der Waals surface area contributed by atoms with Crippen LogP contribution in [0.4, 0.5) is 4.79 Å². The molecular formula is C12H22N2O5. The molecule has 0 saturated heterocycles. The summed E-state index contributed by atoms with van der Waals surface area (Å²) in [6, 6.07) is -1.67. The highest BCUT2D eigenvalue weighted by atomic mass is 16.5. The Morgan fingerprint density at radius 3 is 2.32 bits per heavy atom. The summed E-state index contributed by atoms with van der Waals surface area (Å²) in [6.07, 6.45) is 1.68. The van der Waals surface area contributed by atoms with E-state index in [2.05, 4.69) is 15.4 Å². The van der Waals surface area contributed by atoms with Crippen molar-refractivity contribution in [3.05, 3.63) is 0 Å². The third kappa shape index (κ3) is 8.01. The first-order chi connectivity index (χ1) is 8.90. The normalized spacial score (nSPS) is 13.2. The maximum Gasteiger partial charge on any atom is 0.326 e. The molecule has 0 aromatic rings. The van der Waals surface area contributed by atoms with E-state index in [0.29, 0.717) is 0 Å². The molecule has 2 atom stereocenters. The van der Waals surface area contributed by atoms with E-state index in [1.807, 2.05) is 13.8 Å². The zero-order valence-corrected chi connectivity index (χ0v) is 11.6. The molecule has 3 N–H and O–H groups in total. The van der Waals surface area contributed by atoms with Crippen LogP contribution >= 0.6 is 0 Å². The number of aliphatic carboxylic acids is 1. The number of urea groups is 1. The molecule has 0 aliphatic carbocycles. The number of carboxylic acid groups (broad SMARTS) is 1. The van der Waals surface area contributed by atoms with Gasteiger partial charge in [-0.05, 0) is 19.8 Å². The minimum absolute atomic E-state index is 0.00240. The van der Waals surface area contributed by atoms with Crippen LogP contribution in [0.3, 0.4) is 0 Å². The van der Waals surface area contributed by atoms with Gasteiger partial charge in [0.2, 0.25) is 0 Å². The monoisotopic (exact) mass is 274 g/mol. The Bertz CT molecular complexity index is 319. The molecule has 0 aromatic heterocycles. The van der Waals surface area contributed by atoms with Gasteiger partial charge in [-0.3, -0.25) is 4.79 Å². The summed E-state index contributed by atoms with van der Waals surface area (Å²) >= 11 is 0. The molecule has 0 rings (SSSR count). The van der Waals surface area contributed by atoms with Gasteiger partial charge in [0.25, 0.3) is 0 Å². The smallest absolute Gasteiger partial charge is 0.326 e. The summed E-state index contributed by atoms with van der Waals surface area (Å²) in [5.74, 6) is -1.69. The standard InChI is InChI=1S/C12H22N2O5/c1-4-5-8(2)13-12(18)14-9(11(16)17)6-7-10(15)19-3/h8-9H,4-7H2,1-3H3,(H,16,17)(H2,13,14,18)/t8?,9-/m1/s1. The average Bonchev–Trinajstić information content (AvgIpc) is 2.33. The van der Waals surface area contributed by atoms with Crippen LogP contribution in [-0.4, -0.2) is 42.3 Å². The maximum absolute atomic E-state index is 11.6. The summed E-state index contributed by atoms with van der Waals surface area (Å²) in [6.45, 7) is 3.83. The molecule has 110 valence electrons. The predicted octanol–water partition coefficient (Wildman–Crippen LogP) is 0.881. The van der Waals surface area contributed by atoms with Gasteiger partial charge in [0.15, 0.2) is 0 Å². The molecule has 0 bridgehead atoms. The molecule has 0 heterocycles. The van der Waals surface area contributed by atoms with Crippen molar-refractivity contribution in [1.29, 1.82) is 0 Å². The van der Waals surface area contributed by atoms with Crippen LogP contribution in [0.25, 0.3) is 0 Å². The molecule has 0 fully saturated rings. The van der Waals surface area contributed by atoms with Gasteiger partial charge in [-0.25, -0.2) is 9.59 Å². The molecule has 0 saturated carbocycles. The number of carboxylic acids is 1. The quantitative estimate of drug-likeness (QED) is 0.570. The number of amides is 2. The highest BCUT2D eigenvalue weighted by molar-refractivity contribution is 5.83. The fraction of sp³-hybridized carbons (Fsp3) is 0.750. The van der Waals surface area contributed by atoms with Gasteiger partial charge >= 0.3 is 18.0 Å². The van der Waals surface area contributed by atoms with Crippen LogP contribution in [0.15, 0.2) is 0 Å². The first kappa shape index (κ1) is 17.2. The van der Waals surface area contributed by atoms with Gasteiger partial charge in [-0.15, -0.1) is 0 Å². The number of nitrogens with one attached hydrogen (secondary N) is 2. The van der Waals surface area contributed by atoms with Crippen molar-refractivity contribution in [3.8, 4) is 0 Å². The Morgan fingerprint density at radius 2 is 1.84 bits per heavy atom. The van der Waals surface area contributed by atoms with Crippen LogP contribution < -0.4 is 10.6 Å². The molecule has 0 aliphatic heterocycles. The highest BCUT2D eigenvalue weighted by Crippen LogP contribution is 2.00. The summed E-state index contributed by atoms with van der Waals surface area (Å²) < 4.78 is 4.42. The van der Waals surface area contributed by atoms with Crippen LogP contribution in [0.2, 0.25) is 0 Å². The third-order valence-electron chi connectivity index (χ3n) is 2.57. The van der Waals surface area contributed by atoms with Crippen molar-refractivity contribution >= 4 is 18.0 Å². The van der Waals surface area contributed by atoms with Crippen molar-refractivity contribution in [2.45, 2.75) is 51.6 Å². The molecule has 0 aromatic carbocycles. The van der Waals surface area contributed by atoms with E-state index in [1.165, 1.54) is 7.11 Å². The Labute approximate surface area is 112 Å². The van der Waals surface area contributed by atoms with E-state index in [0.717, 1.165) is 12.8 Å². The first-order valence-corrected chi connectivity index (χ1v) is 6.27. The second-order valence-corrected chi connectivity index (χ2v) is 4.31. The molecule has 19 heavy (non-hydrogen) atoms. The first-order valence-electron chi connectivity index (χ1n) is 6.27. The van der Waals surface area contributed by atoms with Gasteiger partial charge in [0.1, 0.15) is 6.04 Å². The molecule has 0 spiro atoms. The SMILES string of the molecule is CCCC(C)NC(=O)N[C@H](CCC(=O)OC)C(=O)O. The van der Waals surface area contributed by atoms with Crippen LogP contribution in [0.1, 0.15) is 39.5 Å².